The number of benzene rings is 1. The van der Waals surface area contributed by atoms with Gasteiger partial charge in [0, 0.05) is 0 Å². The van der Waals surface area contributed by atoms with Gasteiger partial charge in [-0.05, 0) is 31.2 Å². The van der Waals surface area contributed by atoms with Crippen LogP contribution in [0.25, 0.3) is 0 Å². The van der Waals surface area contributed by atoms with Crippen LogP contribution in [-0.2, 0) is 14.3 Å². The first-order valence-electron chi connectivity index (χ1n) is 5.30. The fourth-order valence-electron chi connectivity index (χ4n) is 1.44. The Kier molecular flexibility index (Phi) is 3.35. The van der Waals surface area contributed by atoms with Crippen molar-refractivity contribution in [2.24, 2.45) is 0 Å². The number of carbonyl (C=O) groups is 2. The highest BCUT2D eigenvalue weighted by Crippen LogP contribution is 2.12. The van der Waals surface area contributed by atoms with Crippen LogP contribution in [0.3, 0.4) is 0 Å². The summed E-state index contributed by atoms with van der Waals surface area (Å²) in [6.07, 6.45) is 1.43. The van der Waals surface area contributed by atoms with Crippen LogP contribution in [0.1, 0.15) is 17.3 Å². The molecule has 0 saturated heterocycles. The van der Waals surface area contributed by atoms with Crippen LogP contribution in [0.2, 0.25) is 0 Å². The zero-order valence-corrected chi connectivity index (χ0v) is 9.33. The second-order valence-electron chi connectivity index (χ2n) is 3.68. The molecule has 0 aliphatic carbocycles. The van der Waals surface area contributed by atoms with Gasteiger partial charge in [0.25, 0.3) is 0 Å². The van der Waals surface area contributed by atoms with Crippen LogP contribution < -0.4 is 0 Å². The second-order valence-corrected chi connectivity index (χ2v) is 3.68. The van der Waals surface area contributed by atoms with Gasteiger partial charge in [-0.2, -0.15) is 0 Å². The quantitative estimate of drug-likeness (QED) is 0.728. The highest BCUT2D eigenvalue weighted by atomic mass is 16.7. The number of hydrogen-bond acceptors (Lipinski definition) is 4. The molecule has 0 radical (unpaired) electrons. The molecule has 4 heteroatoms. The molecule has 0 spiro atoms. The summed E-state index contributed by atoms with van der Waals surface area (Å²) in [6.45, 7) is 1.62. The molecule has 1 aromatic rings. The lowest BCUT2D eigenvalue weighted by molar-refractivity contribution is -0.146. The van der Waals surface area contributed by atoms with Gasteiger partial charge in [0.2, 0.25) is 6.29 Å². The average molecular weight is 232 g/mol. The van der Waals surface area contributed by atoms with E-state index in [9.17, 15) is 9.59 Å². The SMILES string of the molecule is C[C@H]1O[C@@H](OC(=O)c2ccccc2)C=CC1=O. The molecule has 2 rings (SSSR count). The number of hydrogen-bond donors (Lipinski definition) is 0. The maximum absolute atomic E-state index is 11.7. The molecule has 0 fully saturated rings. The number of ether oxygens (including phenoxy) is 2. The summed E-state index contributed by atoms with van der Waals surface area (Å²) < 4.78 is 10.3. The lowest BCUT2D eigenvalue weighted by Gasteiger charge is -2.21. The van der Waals surface area contributed by atoms with E-state index in [4.69, 9.17) is 9.47 Å². The molecule has 1 aromatic carbocycles. The maximum atomic E-state index is 11.7. The zero-order chi connectivity index (χ0) is 12.3. The summed E-state index contributed by atoms with van der Waals surface area (Å²) in [6, 6.07) is 8.63. The van der Waals surface area contributed by atoms with Gasteiger partial charge >= 0.3 is 5.97 Å². The smallest absolute Gasteiger partial charge is 0.340 e. The largest absolute Gasteiger partial charge is 0.428 e. The molecule has 4 nitrogen and oxygen atoms in total. The molecular formula is C13H12O4. The van der Waals surface area contributed by atoms with Gasteiger partial charge < -0.3 is 9.47 Å². The van der Waals surface area contributed by atoms with Crippen molar-refractivity contribution in [3.63, 3.8) is 0 Å². The minimum atomic E-state index is -0.796. The molecule has 0 N–H and O–H groups in total. The van der Waals surface area contributed by atoms with Gasteiger partial charge in [0.1, 0.15) is 6.10 Å². The number of carbonyl (C=O) groups excluding carboxylic acids is 2. The van der Waals surface area contributed by atoms with Crippen molar-refractivity contribution in [1.29, 1.82) is 0 Å². The predicted octanol–water partition coefficient (Wildman–Crippen LogP) is 1.71. The van der Waals surface area contributed by atoms with Crippen molar-refractivity contribution in [3.8, 4) is 0 Å². The highest BCUT2D eigenvalue weighted by molar-refractivity contribution is 5.94. The number of esters is 1. The molecule has 2 atom stereocenters. The molecule has 0 amide bonds. The molecule has 88 valence electrons. The van der Waals surface area contributed by atoms with E-state index in [1.165, 1.54) is 12.2 Å². The Balaban J connectivity index is 2.01. The van der Waals surface area contributed by atoms with E-state index in [2.05, 4.69) is 0 Å². The lowest BCUT2D eigenvalue weighted by Crippen LogP contribution is -2.32. The third kappa shape index (κ3) is 2.79. The molecule has 1 heterocycles. The molecular weight excluding hydrogens is 220 g/mol. The monoisotopic (exact) mass is 232 g/mol. The van der Waals surface area contributed by atoms with Crippen LogP contribution in [0.4, 0.5) is 0 Å². The Morgan fingerprint density at radius 1 is 1.29 bits per heavy atom. The summed E-state index contributed by atoms with van der Waals surface area (Å²) >= 11 is 0. The molecule has 0 bridgehead atoms. The Morgan fingerprint density at radius 2 is 2.00 bits per heavy atom. The van der Waals surface area contributed by atoms with Gasteiger partial charge in [-0.15, -0.1) is 0 Å². The fraction of sp³-hybridized carbons (Fsp3) is 0.231. The molecule has 0 saturated carbocycles. The first kappa shape index (κ1) is 11.5. The van der Waals surface area contributed by atoms with E-state index in [-0.39, 0.29) is 5.78 Å². The first-order valence-corrected chi connectivity index (χ1v) is 5.30. The van der Waals surface area contributed by atoms with Gasteiger partial charge in [0.05, 0.1) is 5.56 Å². The van der Waals surface area contributed by atoms with Gasteiger partial charge in [-0.3, -0.25) is 4.79 Å². The van der Waals surface area contributed by atoms with Gasteiger partial charge in [0.15, 0.2) is 5.78 Å². The normalized spacial score (nSPS) is 23.5. The van der Waals surface area contributed by atoms with Crippen LogP contribution in [0, 0.1) is 0 Å². The summed E-state index contributed by atoms with van der Waals surface area (Å²) in [4.78, 5) is 22.8. The molecule has 1 aliphatic heterocycles. The van der Waals surface area contributed by atoms with E-state index in [0.717, 1.165) is 0 Å². The van der Waals surface area contributed by atoms with Crippen molar-refractivity contribution in [2.45, 2.75) is 19.3 Å². The fourth-order valence-corrected chi connectivity index (χ4v) is 1.44. The van der Waals surface area contributed by atoms with Gasteiger partial charge in [-0.1, -0.05) is 18.2 Å². The maximum Gasteiger partial charge on any atom is 0.340 e. The van der Waals surface area contributed by atoms with Crippen molar-refractivity contribution >= 4 is 11.8 Å². The molecule has 1 aliphatic rings. The summed E-state index contributed by atoms with van der Waals surface area (Å²) in [5.74, 6) is -0.598. The zero-order valence-electron chi connectivity index (χ0n) is 9.33. The third-order valence-electron chi connectivity index (χ3n) is 2.39. The highest BCUT2D eigenvalue weighted by Gasteiger charge is 2.23. The van der Waals surface area contributed by atoms with Crippen LogP contribution in [0.5, 0.6) is 0 Å². The number of ketones is 1. The van der Waals surface area contributed by atoms with Crippen molar-refractivity contribution in [1.82, 2.24) is 0 Å². The standard InChI is InChI=1S/C13H12O4/c1-9-11(14)7-8-12(16-9)17-13(15)10-5-3-2-4-6-10/h2-9,12H,1H3/t9-,12+/m1/s1. The van der Waals surface area contributed by atoms with Crippen LogP contribution in [-0.4, -0.2) is 24.1 Å². The molecule has 0 unspecified atom stereocenters. The topological polar surface area (TPSA) is 52.6 Å². The van der Waals surface area contributed by atoms with E-state index >= 15 is 0 Å². The summed E-state index contributed by atoms with van der Waals surface area (Å²) in [5, 5.41) is 0. The minimum Gasteiger partial charge on any atom is -0.428 e. The van der Waals surface area contributed by atoms with Gasteiger partial charge in [-0.25, -0.2) is 4.79 Å². The Bertz CT molecular complexity index is 450. The molecule has 17 heavy (non-hydrogen) atoms. The van der Waals surface area contributed by atoms with E-state index < -0.39 is 18.4 Å². The average Bonchev–Trinajstić information content (AvgIpc) is 2.35. The Labute approximate surface area is 98.8 Å². The number of rotatable bonds is 2. The Morgan fingerprint density at radius 3 is 2.65 bits per heavy atom. The lowest BCUT2D eigenvalue weighted by atomic mass is 10.2. The van der Waals surface area contributed by atoms with Crippen LogP contribution in [0.15, 0.2) is 42.5 Å². The van der Waals surface area contributed by atoms with Crippen LogP contribution >= 0.6 is 0 Å². The first-order chi connectivity index (χ1) is 8.16. The third-order valence-corrected chi connectivity index (χ3v) is 2.39. The summed E-state index contributed by atoms with van der Waals surface area (Å²) in [5.41, 5.74) is 0.453. The molecule has 0 aromatic heterocycles. The van der Waals surface area contributed by atoms with Crippen molar-refractivity contribution < 1.29 is 19.1 Å². The van der Waals surface area contributed by atoms with E-state index in [1.807, 2.05) is 6.07 Å². The van der Waals surface area contributed by atoms with Crippen molar-refractivity contribution in [3.05, 3.63) is 48.0 Å². The van der Waals surface area contributed by atoms with E-state index in [0.29, 0.717) is 5.56 Å². The summed E-state index contributed by atoms with van der Waals surface area (Å²) in [7, 11) is 0. The van der Waals surface area contributed by atoms with E-state index in [1.54, 1.807) is 31.2 Å². The minimum absolute atomic E-state index is 0.128. The Hall–Kier alpha value is -1.94. The predicted molar refractivity (Wildman–Crippen MR) is 60.3 cm³/mol. The van der Waals surface area contributed by atoms with Crippen molar-refractivity contribution in [2.75, 3.05) is 0 Å². The second kappa shape index (κ2) is 4.93.